The van der Waals surface area contributed by atoms with Crippen LogP contribution in [0.4, 0.5) is 11.4 Å². The van der Waals surface area contributed by atoms with Crippen LogP contribution in [0.5, 0.6) is 0 Å². The molecule has 0 spiro atoms. The number of rotatable bonds is 3. The van der Waals surface area contributed by atoms with Gasteiger partial charge in [0, 0.05) is 30.9 Å². The third-order valence-electron chi connectivity index (χ3n) is 2.75. The monoisotopic (exact) mass is 307 g/mol. The molecule has 0 atom stereocenters. The van der Waals surface area contributed by atoms with Crippen LogP contribution in [0.15, 0.2) is 41.3 Å². The van der Waals surface area contributed by atoms with E-state index in [1.165, 1.54) is 35.0 Å². The van der Waals surface area contributed by atoms with Gasteiger partial charge in [-0.05, 0) is 18.2 Å². The predicted octanol–water partition coefficient (Wildman–Crippen LogP) is 2.20. The Morgan fingerprint density at radius 2 is 2.05 bits per heavy atom. The summed E-state index contributed by atoms with van der Waals surface area (Å²) < 4.78 is 1.32. The normalized spacial score (nSPS) is 10.2. The second-order valence-corrected chi connectivity index (χ2v) is 4.65. The Balaban J connectivity index is 2.24. The predicted molar refractivity (Wildman–Crippen MR) is 77.7 cm³/mol. The Kier molecular flexibility index (Phi) is 4.04. The zero-order chi connectivity index (χ0) is 15.6. The van der Waals surface area contributed by atoms with E-state index in [4.69, 9.17) is 11.6 Å². The van der Waals surface area contributed by atoms with E-state index in [1.54, 1.807) is 7.05 Å². The van der Waals surface area contributed by atoms with Gasteiger partial charge >= 0.3 is 0 Å². The summed E-state index contributed by atoms with van der Waals surface area (Å²) in [6.07, 6.45) is 1.47. The molecule has 0 aliphatic heterocycles. The molecular formula is C13H10ClN3O4. The Morgan fingerprint density at radius 3 is 2.62 bits per heavy atom. The number of hydrogen-bond donors (Lipinski definition) is 1. The number of carbonyl (C=O) groups excluding carboxylic acids is 1. The lowest BCUT2D eigenvalue weighted by molar-refractivity contribution is -0.384. The van der Waals surface area contributed by atoms with Gasteiger partial charge in [-0.15, -0.1) is 0 Å². The van der Waals surface area contributed by atoms with Crippen LogP contribution in [0.3, 0.4) is 0 Å². The van der Waals surface area contributed by atoms with Crippen molar-refractivity contribution in [2.75, 3.05) is 5.32 Å². The summed E-state index contributed by atoms with van der Waals surface area (Å²) >= 11 is 5.75. The van der Waals surface area contributed by atoms with Crippen molar-refractivity contribution in [3.8, 4) is 0 Å². The van der Waals surface area contributed by atoms with E-state index in [0.717, 1.165) is 6.07 Å². The second kappa shape index (κ2) is 5.76. The summed E-state index contributed by atoms with van der Waals surface area (Å²) in [4.78, 5) is 33.3. The number of nitro benzene ring substituents is 1. The average Bonchev–Trinajstić information content (AvgIpc) is 2.42. The molecule has 1 heterocycles. The first-order valence-corrected chi connectivity index (χ1v) is 6.18. The molecule has 1 aromatic heterocycles. The first-order chi connectivity index (χ1) is 9.88. The van der Waals surface area contributed by atoms with Crippen LogP contribution in [0.25, 0.3) is 0 Å². The third-order valence-corrected chi connectivity index (χ3v) is 3.05. The van der Waals surface area contributed by atoms with E-state index < -0.39 is 10.8 Å². The molecule has 0 saturated heterocycles. The van der Waals surface area contributed by atoms with Crippen LogP contribution < -0.4 is 10.9 Å². The minimum atomic E-state index is -0.628. The van der Waals surface area contributed by atoms with E-state index in [0.29, 0.717) is 5.69 Å². The lowest BCUT2D eigenvalue weighted by Gasteiger charge is -2.07. The number of halogens is 1. The summed E-state index contributed by atoms with van der Waals surface area (Å²) in [7, 11) is 1.56. The molecule has 21 heavy (non-hydrogen) atoms. The van der Waals surface area contributed by atoms with E-state index in [1.807, 2.05) is 0 Å². The quantitative estimate of drug-likeness (QED) is 0.694. The fourth-order valence-electron chi connectivity index (χ4n) is 1.67. The minimum absolute atomic E-state index is 0.117. The van der Waals surface area contributed by atoms with Crippen molar-refractivity contribution in [2.45, 2.75) is 0 Å². The number of amides is 1. The van der Waals surface area contributed by atoms with Crippen molar-refractivity contribution in [1.29, 1.82) is 0 Å². The molecule has 0 unspecified atom stereocenters. The molecule has 1 N–H and O–H groups in total. The first-order valence-electron chi connectivity index (χ1n) is 5.80. The van der Waals surface area contributed by atoms with Crippen molar-refractivity contribution in [3.05, 3.63) is 67.6 Å². The molecule has 2 rings (SSSR count). The molecule has 1 aromatic carbocycles. The van der Waals surface area contributed by atoms with E-state index in [-0.39, 0.29) is 21.8 Å². The second-order valence-electron chi connectivity index (χ2n) is 4.24. The zero-order valence-electron chi connectivity index (χ0n) is 10.9. The third kappa shape index (κ3) is 3.26. The van der Waals surface area contributed by atoms with Crippen molar-refractivity contribution in [2.24, 2.45) is 7.05 Å². The maximum atomic E-state index is 12.0. The Morgan fingerprint density at radius 1 is 1.33 bits per heavy atom. The number of anilines is 1. The van der Waals surface area contributed by atoms with E-state index >= 15 is 0 Å². The Bertz CT molecular complexity index is 785. The van der Waals surface area contributed by atoms with E-state index in [9.17, 15) is 19.7 Å². The number of nitrogens with one attached hydrogen (secondary N) is 1. The highest BCUT2D eigenvalue weighted by Crippen LogP contribution is 2.25. The van der Waals surface area contributed by atoms with Crippen LogP contribution in [0, 0.1) is 10.1 Å². The van der Waals surface area contributed by atoms with Gasteiger partial charge in [-0.1, -0.05) is 11.6 Å². The smallest absolute Gasteiger partial charge is 0.287 e. The summed E-state index contributed by atoms with van der Waals surface area (Å²) in [5.74, 6) is -0.481. The molecular weight excluding hydrogens is 298 g/mol. The van der Waals surface area contributed by atoms with Crippen LogP contribution in [-0.4, -0.2) is 15.4 Å². The van der Waals surface area contributed by atoms with Gasteiger partial charge in [0.2, 0.25) is 5.56 Å². The molecule has 0 aliphatic carbocycles. The number of aryl methyl sites for hydroxylation is 1. The highest BCUT2D eigenvalue weighted by molar-refractivity contribution is 6.33. The average molecular weight is 308 g/mol. The van der Waals surface area contributed by atoms with Gasteiger partial charge in [-0.2, -0.15) is 0 Å². The van der Waals surface area contributed by atoms with Gasteiger partial charge in [-0.3, -0.25) is 19.7 Å². The first kappa shape index (κ1) is 14.7. The fraction of sp³-hybridized carbons (Fsp3) is 0.0769. The molecule has 0 saturated carbocycles. The number of carbonyl (C=O) groups is 1. The summed E-state index contributed by atoms with van der Waals surface area (Å²) in [5, 5.41) is 13.1. The minimum Gasteiger partial charge on any atom is -0.321 e. The molecule has 7 nitrogen and oxygen atoms in total. The number of aromatic nitrogens is 1. The van der Waals surface area contributed by atoms with Crippen LogP contribution in [0.2, 0.25) is 5.02 Å². The van der Waals surface area contributed by atoms with Crippen LogP contribution >= 0.6 is 11.6 Å². The molecule has 0 bridgehead atoms. The molecule has 108 valence electrons. The lowest BCUT2D eigenvalue weighted by atomic mass is 10.2. The van der Waals surface area contributed by atoms with Crippen LogP contribution in [0.1, 0.15) is 10.4 Å². The Hall–Kier alpha value is -2.67. The molecule has 2 aromatic rings. The largest absolute Gasteiger partial charge is 0.321 e. The number of benzene rings is 1. The molecule has 0 fully saturated rings. The van der Waals surface area contributed by atoms with Gasteiger partial charge < -0.3 is 9.88 Å². The number of nitro groups is 1. The van der Waals surface area contributed by atoms with Gasteiger partial charge in [-0.25, -0.2) is 0 Å². The van der Waals surface area contributed by atoms with Gasteiger partial charge in [0.15, 0.2) is 0 Å². The fourth-order valence-corrected chi connectivity index (χ4v) is 1.92. The maximum Gasteiger partial charge on any atom is 0.287 e. The van der Waals surface area contributed by atoms with Gasteiger partial charge in [0.25, 0.3) is 11.6 Å². The summed E-state index contributed by atoms with van der Waals surface area (Å²) in [6.45, 7) is 0. The van der Waals surface area contributed by atoms with Crippen LogP contribution in [-0.2, 0) is 7.05 Å². The van der Waals surface area contributed by atoms with Crippen molar-refractivity contribution >= 4 is 28.9 Å². The lowest BCUT2D eigenvalue weighted by Crippen LogP contribution is -2.18. The topological polar surface area (TPSA) is 94.2 Å². The van der Waals surface area contributed by atoms with E-state index in [2.05, 4.69) is 5.32 Å². The number of pyridine rings is 1. The highest BCUT2D eigenvalue weighted by atomic mass is 35.5. The van der Waals surface area contributed by atoms with Gasteiger partial charge in [0.1, 0.15) is 5.02 Å². The van der Waals surface area contributed by atoms with Gasteiger partial charge in [0.05, 0.1) is 10.6 Å². The van der Waals surface area contributed by atoms with Crippen molar-refractivity contribution in [1.82, 2.24) is 4.57 Å². The summed E-state index contributed by atoms with van der Waals surface area (Å²) in [6, 6.07) is 6.47. The zero-order valence-corrected chi connectivity index (χ0v) is 11.6. The number of hydrogen-bond acceptors (Lipinski definition) is 4. The molecule has 8 heteroatoms. The molecule has 1 amide bonds. The maximum absolute atomic E-state index is 12.0. The molecule has 0 aliphatic rings. The number of nitrogens with zero attached hydrogens (tertiary/aromatic N) is 2. The highest BCUT2D eigenvalue weighted by Gasteiger charge is 2.15. The standard InChI is InChI=1S/C13H10ClN3O4/c1-16-7-9(3-5-12(16)18)15-13(19)8-2-4-11(17(20)21)10(14)6-8/h2-7H,1H3,(H,15,19). The van der Waals surface area contributed by atoms with Crippen molar-refractivity contribution in [3.63, 3.8) is 0 Å². The van der Waals surface area contributed by atoms with Crippen molar-refractivity contribution < 1.29 is 9.72 Å². The summed E-state index contributed by atoms with van der Waals surface area (Å²) in [5.41, 5.74) is 0.137. The molecule has 0 radical (unpaired) electrons. The Labute approximate surface area is 123 Å². The SMILES string of the molecule is Cn1cc(NC(=O)c2ccc([N+](=O)[O-])c(Cl)c2)ccc1=O.